The Morgan fingerprint density at radius 2 is 1.67 bits per heavy atom. The van der Waals surface area contributed by atoms with E-state index in [4.69, 9.17) is 12.2 Å². The van der Waals surface area contributed by atoms with Crippen LogP contribution in [0, 0.1) is 5.92 Å². The summed E-state index contributed by atoms with van der Waals surface area (Å²) in [5.74, 6) is -0.0364. The molecule has 1 aliphatic heterocycles. The molecular weight excluding hydrogens is 358 g/mol. The number of nitrogens with one attached hydrogen (secondary N) is 2. The Balaban J connectivity index is 1.57. The molecule has 1 unspecified atom stereocenters. The standard InChI is InChI=1S/C21H23N3O2S/c1-15(25)16-9-11-19(12-10-16)23-21(27)24-13-5-6-17(14-24)20(26)22-18-7-3-2-4-8-18/h2-4,7-12,17H,5-6,13-14H2,1H3,(H,22,26)(H,23,27). The van der Waals surface area contributed by atoms with E-state index in [1.807, 2.05) is 47.4 Å². The first kappa shape index (κ1) is 19.0. The van der Waals surface area contributed by atoms with Gasteiger partial charge in [-0.2, -0.15) is 0 Å². The molecule has 0 bridgehead atoms. The van der Waals surface area contributed by atoms with Crippen LogP contribution in [-0.2, 0) is 4.79 Å². The topological polar surface area (TPSA) is 61.4 Å². The predicted octanol–water partition coefficient (Wildman–Crippen LogP) is 3.94. The molecule has 140 valence electrons. The predicted molar refractivity (Wildman–Crippen MR) is 112 cm³/mol. The normalized spacial score (nSPS) is 16.5. The number of piperidine rings is 1. The van der Waals surface area contributed by atoms with Crippen LogP contribution in [0.3, 0.4) is 0 Å². The van der Waals surface area contributed by atoms with Crippen molar-refractivity contribution in [2.45, 2.75) is 19.8 Å². The average molecular weight is 382 g/mol. The Morgan fingerprint density at radius 3 is 2.33 bits per heavy atom. The van der Waals surface area contributed by atoms with Crippen molar-refractivity contribution < 1.29 is 9.59 Å². The minimum atomic E-state index is -0.0983. The zero-order chi connectivity index (χ0) is 19.2. The molecule has 3 rings (SSSR count). The lowest BCUT2D eigenvalue weighted by molar-refractivity contribution is -0.121. The number of para-hydroxylation sites is 1. The van der Waals surface area contributed by atoms with Crippen LogP contribution in [0.4, 0.5) is 11.4 Å². The molecule has 2 aromatic carbocycles. The van der Waals surface area contributed by atoms with Crippen LogP contribution in [0.25, 0.3) is 0 Å². The summed E-state index contributed by atoms with van der Waals surface area (Å²) in [6.45, 7) is 2.96. The monoisotopic (exact) mass is 381 g/mol. The first-order chi connectivity index (χ1) is 13.0. The molecule has 0 aromatic heterocycles. The highest BCUT2D eigenvalue weighted by Crippen LogP contribution is 2.20. The van der Waals surface area contributed by atoms with Crippen molar-refractivity contribution in [1.29, 1.82) is 0 Å². The molecule has 5 nitrogen and oxygen atoms in total. The molecular formula is C21H23N3O2S. The van der Waals surface area contributed by atoms with Gasteiger partial charge in [0, 0.05) is 30.0 Å². The number of carbonyl (C=O) groups is 2. The molecule has 0 spiro atoms. The van der Waals surface area contributed by atoms with Crippen LogP contribution >= 0.6 is 12.2 Å². The van der Waals surface area contributed by atoms with Gasteiger partial charge in [0.15, 0.2) is 10.9 Å². The molecule has 1 aliphatic rings. The SMILES string of the molecule is CC(=O)c1ccc(NC(=S)N2CCCC(C(=O)Nc3ccccc3)C2)cc1. The number of hydrogen-bond acceptors (Lipinski definition) is 3. The third kappa shape index (κ3) is 5.14. The number of nitrogens with zero attached hydrogens (tertiary/aromatic N) is 1. The molecule has 0 saturated carbocycles. The van der Waals surface area contributed by atoms with Crippen LogP contribution in [0.2, 0.25) is 0 Å². The summed E-state index contributed by atoms with van der Waals surface area (Å²) in [7, 11) is 0. The van der Waals surface area contributed by atoms with Gasteiger partial charge in [0.1, 0.15) is 0 Å². The summed E-state index contributed by atoms with van der Waals surface area (Å²) in [4.78, 5) is 26.0. The number of benzene rings is 2. The van der Waals surface area contributed by atoms with Gasteiger partial charge in [-0.25, -0.2) is 0 Å². The molecule has 27 heavy (non-hydrogen) atoms. The summed E-state index contributed by atoms with van der Waals surface area (Å²) in [5.41, 5.74) is 2.31. The fourth-order valence-electron chi connectivity index (χ4n) is 3.13. The summed E-state index contributed by atoms with van der Waals surface area (Å²) < 4.78 is 0. The van der Waals surface area contributed by atoms with Crippen molar-refractivity contribution in [2.75, 3.05) is 23.7 Å². The van der Waals surface area contributed by atoms with Crippen molar-refractivity contribution in [3.63, 3.8) is 0 Å². The second-order valence-electron chi connectivity index (χ2n) is 6.70. The molecule has 6 heteroatoms. The second kappa shape index (κ2) is 8.77. The quantitative estimate of drug-likeness (QED) is 0.621. The molecule has 1 atom stereocenters. The highest BCUT2D eigenvalue weighted by molar-refractivity contribution is 7.80. The fraction of sp³-hybridized carbons (Fsp3) is 0.286. The first-order valence-corrected chi connectivity index (χ1v) is 9.46. The Kier molecular flexibility index (Phi) is 6.19. The number of amides is 1. The molecule has 1 amide bonds. The Hall–Kier alpha value is -2.73. The third-order valence-corrected chi connectivity index (χ3v) is 5.02. The molecule has 0 radical (unpaired) electrons. The highest BCUT2D eigenvalue weighted by atomic mass is 32.1. The van der Waals surface area contributed by atoms with Gasteiger partial charge in [0.2, 0.25) is 5.91 Å². The van der Waals surface area contributed by atoms with Crippen molar-refractivity contribution >= 4 is 40.4 Å². The Bertz CT molecular complexity index is 821. The zero-order valence-electron chi connectivity index (χ0n) is 15.3. The van der Waals surface area contributed by atoms with Crippen molar-refractivity contribution in [3.05, 3.63) is 60.2 Å². The van der Waals surface area contributed by atoms with Crippen molar-refractivity contribution in [2.24, 2.45) is 5.92 Å². The highest BCUT2D eigenvalue weighted by Gasteiger charge is 2.27. The van der Waals surface area contributed by atoms with E-state index in [0.717, 1.165) is 30.8 Å². The number of thiocarbonyl (C=S) groups is 1. The van der Waals surface area contributed by atoms with Gasteiger partial charge in [-0.05, 0) is 68.4 Å². The number of Topliss-reactive ketones (excluding diaryl/α,β-unsaturated/α-hetero) is 1. The minimum absolute atomic E-state index is 0.0273. The van der Waals surface area contributed by atoms with E-state index in [1.54, 1.807) is 19.1 Å². The molecule has 1 heterocycles. The second-order valence-corrected chi connectivity index (χ2v) is 7.09. The van der Waals surface area contributed by atoms with Crippen LogP contribution in [0.5, 0.6) is 0 Å². The van der Waals surface area contributed by atoms with E-state index in [9.17, 15) is 9.59 Å². The van der Waals surface area contributed by atoms with E-state index < -0.39 is 0 Å². The van der Waals surface area contributed by atoms with Gasteiger partial charge in [0.25, 0.3) is 0 Å². The smallest absolute Gasteiger partial charge is 0.229 e. The van der Waals surface area contributed by atoms with Gasteiger partial charge < -0.3 is 15.5 Å². The van der Waals surface area contributed by atoms with E-state index in [0.29, 0.717) is 17.2 Å². The molecule has 2 N–H and O–H groups in total. The third-order valence-electron chi connectivity index (χ3n) is 4.66. The largest absolute Gasteiger partial charge is 0.348 e. The van der Waals surface area contributed by atoms with Crippen LogP contribution in [0.1, 0.15) is 30.1 Å². The van der Waals surface area contributed by atoms with Gasteiger partial charge in [0.05, 0.1) is 5.92 Å². The lowest BCUT2D eigenvalue weighted by atomic mass is 9.97. The van der Waals surface area contributed by atoms with Crippen LogP contribution in [0.15, 0.2) is 54.6 Å². The maximum absolute atomic E-state index is 12.6. The number of ketones is 1. The van der Waals surface area contributed by atoms with E-state index in [-0.39, 0.29) is 17.6 Å². The van der Waals surface area contributed by atoms with Gasteiger partial charge in [-0.15, -0.1) is 0 Å². The fourth-order valence-corrected chi connectivity index (χ4v) is 3.42. The zero-order valence-corrected chi connectivity index (χ0v) is 16.1. The lowest BCUT2D eigenvalue weighted by Crippen LogP contribution is -2.45. The summed E-state index contributed by atoms with van der Waals surface area (Å²) in [5, 5.41) is 6.78. The van der Waals surface area contributed by atoms with Gasteiger partial charge in [-0.1, -0.05) is 18.2 Å². The minimum Gasteiger partial charge on any atom is -0.348 e. The van der Waals surface area contributed by atoms with E-state index >= 15 is 0 Å². The van der Waals surface area contributed by atoms with Crippen LogP contribution < -0.4 is 10.6 Å². The van der Waals surface area contributed by atoms with Crippen LogP contribution in [-0.4, -0.2) is 34.8 Å². The van der Waals surface area contributed by atoms with Gasteiger partial charge >= 0.3 is 0 Å². The van der Waals surface area contributed by atoms with Crippen molar-refractivity contribution in [3.8, 4) is 0 Å². The maximum atomic E-state index is 12.6. The Morgan fingerprint density at radius 1 is 1.00 bits per heavy atom. The molecule has 1 saturated heterocycles. The van der Waals surface area contributed by atoms with E-state index in [2.05, 4.69) is 10.6 Å². The number of hydrogen-bond donors (Lipinski definition) is 2. The number of anilines is 2. The molecule has 1 fully saturated rings. The van der Waals surface area contributed by atoms with Crippen molar-refractivity contribution in [1.82, 2.24) is 4.90 Å². The summed E-state index contributed by atoms with van der Waals surface area (Å²) >= 11 is 5.53. The summed E-state index contributed by atoms with van der Waals surface area (Å²) in [6.07, 6.45) is 1.77. The number of carbonyl (C=O) groups excluding carboxylic acids is 2. The van der Waals surface area contributed by atoms with E-state index in [1.165, 1.54) is 0 Å². The maximum Gasteiger partial charge on any atom is 0.229 e. The number of rotatable bonds is 4. The lowest BCUT2D eigenvalue weighted by Gasteiger charge is -2.34. The first-order valence-electron chi connectivity index (χ1n) is 9.06. The average Bonchev–Trinajstić information content (AvgIpc) is 2.69. The molecule has 0 aliphatic carbocycles. The number of likely N-dealkylation sites (tertiary alicyclic amines) is 1. The summed E-state index contributed by atoms with van der Waals surface area (Å²) in [6, 6.07) is 16.7. The molecule has 2 aromatic rings. The Labute approximate surface area is 164 Å². The van der Waals surface area contributed by atoms with Gasteiger partial charge in [-0.3, -0.25) is 9.59 Å².